The lowest BCUT2D eigenvalue weighted by atomic mass is 10.1. The van der Waals surface area contributed by atoms with Crippen molar-refractivity contribution in [2.24, 2.45) is 0 Å². The average Bonchev–Trinajstić information content (AvgIpc) is 3.10. The van der Waals surface area contributed by atoms with Gasteiger partial charge in [-0.05, 0) is 19.4 Å². The Hall–Kier alpha value is -2.35. The van der Waals surface area contributed by atoms with Crippen molar-refractivity contribution in [1.29, 1.82) is 0 Å². The van der Waals surface area contributed by atoms with Crippen LogP contribution in [0.5, 0.6) is 0 Å². The summed E-state index contributed by atoms with van der Waals surface area (Å²) in [6.45, 7) is 4.74. The predicted molar refractivity (Wildman–Crippen MR) is 99.4 cm³/mol. The van der Waals surface area contributed by atoms with Crippen molar-refractivity contribution in [2.45, 2.75) is 32.5 Å². The van der Waals surface area contributed by atoms with Gasteiger partial charge in [-0.15, -0.1) is 0 Å². The second kappa shape index (κ2) is 7.49. The molecule has 1 aliphatic heterocycles. The van der Waals surface area contributed by atoms with E-state index in [4.69, 9.17) is 0 Å². The SMILES string of the molecule is CCn1cc([C@H]2CS(=O)(=O)CCN2C(=O)N[C@H](C)c2ccccc2)cn1. The molecule has 26 heavy (non-hydrogen) atoms. The zero-order valence-electron chi connectivity index (χ0n) is 15.0. The molecule has 140 valence electrons. The average molecular weight is 376 g/mol. The number of hydrogen-bond donors (Lipinski definition) is 1. The monoisotopic (exact) mass is 376 g/mol. The van der Waals surface area contributed by atoms with E-state index in [0.29, 0.717) is 6.54 Å². The number of urea groups is 1. The number of sulfone groups is 1. The van der Waals surface area contributed by atoms with Crippen LogP contribution >= 0.6 is 0 Å². The van der Waals surface area contributed by atoms with Crippen LogP contribution in [0.25, 0.3) is 0 Å². The van der Waals surface area contributed by atoms with Crippen LogP contribution in [0.1, 0.15) is 37.1 Å². The lowest BCUT2D eigenvalue weighted by Gasteiger charge is -2.35. The van der Waals surface area contributed by atoms with E-state index in [9.17, 15) is 13.2 Å². The third kappa shape index (κ3) is 4.07. The molecule has 1 aromatic carbocycles. The second-order valence-electron chi connectivity index (χ2n) is 6.53. The maximum atomic E-state index is 12.8. The molecule has 7 nitrogen and oxygen atoms in total. The zero-order valence-corrected chi connectivity index (χ0v) is 15.8. The molecule has 2 atom stereocenters. The maximum Gasteiger partial charge on any atom is 0.318 e. The molecule has 0 aliphatic carbocycles. The molecule has 2 amide bonds. The first-order valence-electron chi connectivity index (χ1n) is 8.74. The summed E-state index contributed by atoms with van der Waals surface area (Å²) in [4.78, 5) is 14.5. The number of nitrogens with one attached hydrogen (secondary N) is 1. The number of aryl methyl sites for hydroxylation is 1. The summed E-state index contributed by atoms with van der Waals surface area (Å²) in [6.07, 6.45) is 3.46. The van der Waals surface area contributed by atoms with Crippen molar-refractivity contribution in [3.8, 4) is 0 Å². The molecule has 8 heteroatoms. The third-order valence-corrected chi connectivity index (χ3v) is 6.32. The van der Waals surface area contributed by atoms with Gasteiger partial charge in [-0.25, -0.2) is 13.2 Å². The summed E-state index contributed by atoms with van der Waals surface area (Å²) in [7, 11) is -3.18. The molecule has 0 saturated carbocycles. The molecule has 0 unspecified atom stereocenters. The van der Waals surface area contributed by atoms with Crippen molar-refractivity contribution in [1.82, 2.24) is 20.0 Å². The predicted octanol–water partition coefficient (Wildman–Crippen LogP) is 2.15. The molecule has 0 bridgehead atoms. The van der Waals surface area contributed by atoms with Gasteiger partial charge in [0.2, 0.25) is 0 Å². The third-order valence-electron chi connectivity index (χ3n) is 4.69. The van der Waals surface area contributed by atoms with Gasteiger partial charge in [-0.1, -0.05) is 30.3 Å². The molecule has 2 aromatic rings. The molecule has 0 radical (unpaired) electrons. The number of carbonyl (C=O) groups excluding carboxylic acids is 1. The van der Waals surface area contributed by atoms with E-state index in [2.05, 4.69) is 10.4 Å². The Kier molecular flexibility index (Phi) is 5.31. The lowest BCUT2D eigenvalue weighted by molar-refractivity contribution is 0.178. The van der Waals surface area contributed by atoms with Gasteiger partial charge in [0, 0.05) is 24.8 Å². The summed E-state index contributed by atoms with van der Waals surface area (Å²) in [5, 5.41) is 7.20. The fourth-order valence-electron chi connectivity index (χ4n) is 3.14. The number of amides is 2. The molecule has 1 N–H and O–H groups in total. The van der Waals surface area contributed by atoms with Crippen LogP contribution in [0, 0.1) is 0 Å². The Labute approximate surface area is 153 Å². The standard InChI is InChI=1S/C18H24N4O3S/c1-3-21-12-16(11-19-21)17-13-26(24,25)10-9-22(17)18(23)20-14(2)15-7-5-4-6-8-15/h4-8,11-12,14,17H,3,9-10,13H2,1-2H3,(H,20,23)/t14-,17-/m1/s1. The molecular weight excluding hydrogens is 352 g/mol. The Morgan fingerprint density at radius 1 is 1.35 bits per heavy atom. The van der Waals surface area contributed by atoms with Crippen molar-refractivity contribution < 1.29 is 13.2 Å². The van der Waals surface area contributed by atoms with E-state index in [1.54, 1.807) is 15.8 Å². The Morgan fingerprint density at radius 3 is 2.73 bits per heavy atom. The van der Waals surface area contributed by atoms with Crippen molar-refractivity contribution in [3.63, 3.8) is 0 Å². The minimum atomic E-state index is -3.18. The van der Waals surface area contributed by atoms with Gasteiger partial charge in [0.05, 0.1) is 29.8 Å². The van der Waals surface area contributed by atoms with Gasteiger partial charge in [0.25, 0.3) is 0 Å². The Morgan fingerprint density at radius 2 is 2.08 bits per heavy atom. The number of nitrogens with zero attached hydrogens (tertiary/aromatic N) is 3. The van der Waals surface area contributed by atoms with Gasteiger partial charge in [0.15, 0.2) is 9.84 Å². The molecular formula is C18H24N4O3S. The van der Waals surface area contributed by atoms with E-state index in [1.807, 2.05) is 50.4 Å². The van der Waals surface area contributed by atoms with E-state index in [1.165, 1.54) is 0 Å². The first-order valence-corrected chi connectivity index (χ1v) is 10.6. The summed E-state index contributed by atoms with van der Waals surface area (Å²) in [5.41, 5.74) is 1.75. The molecule has 0 spiro atoms. The van der Waals surface area contributed by atoms with Gasteiger partial charge in [-0.2, -0.15) is 5.10 Å². The number of benzene rings is 1. The van der Waals surface area contributed by atoms with Gasteiger partial charge >= 0.3 is 6.03 Å². The van der Waals surface area contributed by atoms with Crippen LogP contribution in [0.2, 0.25) is 0 Å². The minimum Gasteiger partial charge on any atom is -0.331 e. The fraction of sp³-hybridized carbons (Fsp3) is 0.444. The smallest absolute Gasteiger partial charge is 0.318 e. The van der Waals surface area contributed by atoms with E-state index in [0.717, 1.165) is 11.1 Å². The largest absolute Gasteiger partial charge is 0.331 e. The van der Waals surface area contributed by atoms with Gasteiger partial charge in [-0.3, -0.25) is 4.68 Å². The fourth-order valence-corrected chi connectivity index (χ4v) is 4.64. The topological polar surface area (TPSA) is 84.3 Å². The lowest BCUT2D eigenvalue weighted by Crippen LogP contribution is -2.50. The molecule has 2 heterocycles. The normalized spacial score (nSPS) is 20.5. The zero-order chi connectivity index (χ0) is 18.7. The molecule has 1 fully saturated rings. The second-order valence-corrected chi connectivity index (χ2v) is 8.76. The van der Waals surface area contributed by atoms with E-state index in [-0.39, 0.29) is 30.1 Å². The first-order chi connectivity index (χ1) is 12.4. The highest BCUT2D eigenvalue weighted by Gasteiger charge is 2.36. The number of aromatic nitrogens is 2. The van der Waals surface area contributed by atoms with Crippen molar-refractivity contribution in [3.05, 3.63) is 53.9 Å². The summed E-state index contributed by atoms with van der Waals surface area (Å²) >= 11 is 0. The summed E-state index contributed by atoms with van der Waals surface area (Å²) in [6, 6.07) is 8.74. The van der Waals surface area contributed by atoms with Crippen LogP contribution in [-0.2, 0) is 16.4 Å². The number of rotatable bonds is 4. The quantitative estimate of drug-likeness (QED) is 0.886. The Bertz CT molecular complexity index is 864. The maximum absolute atomic E-state index is 12.8. The highest BCUT2D eigenvalue weighted by molar-refractivity contribution is 7.91. The molecule has 1 aromatic heterocycles. The van der Waals surface area contributed by atoms with Crippen molar-refractivity contribution >= 4 is 15.9 Å². The van der Waals surface area contributed by atoms with Gasteiger partial charge in [0.1, 0.15) is 0 Å². The highest BCUT2D eigenvalue weighted by Crippen LogP contribution is 2.27. The van der Waals surface area contributed by atoms with Gasteiger partial charge < -0.3 is 10.2 Å². The van der Waals surface area contributed by atoms with Crippen LogP contribution in [0.3, 0.4) is 0 Å². The van der Waals surface area contributed by atoms with E-state index < -0.39 is 15.9 Å². The Balaban J connectivity index is 1.80. The van der Waals surface area contributed by atoms with Crippen LogP contribution in [0.15, 0.2) is 42.7 Å². The first kappa shape index (κ1) is 18.4. The molecule has 1 saturated heterocycles. The minimum absolute atomic E-state index is 0.0153. The summed E-state index contributed by atoms with van der Waals surface area (Å²) < 4.78 is 26.0. The van der Waals surface area contributed by atoms with Crippen molar-refractivity contribution in [2.75, 3.05) is 18.1 Å². The van der Waals surface area contributed by atoms with E-state index >= 15 is 0 Å². The number of hydrogen-bond acceptors (Lipinski definition) is 4. The number of carbonyl (C=O) groups is 1. The molecule has 1 aliphatic rings. The summed E-state index contributed by atoms with van der Waals surface area (Å²) in [5.74, 6) is -0.0892. The molecule has 3 rings (SSSR count). The van der Waals surface area contributed by atoms with Crippen LogP contribution < -0.4 is 5.32 Å². The van der Waals surface area contributed by atoms with Crippen LogP contribution in [-0.4, -0.2) is 47.2 Å². The van der Waals surface area contributed by atoms with Crippen LogP contribution in [0.4, 0.5) is 4.79 Å². The highest BCUT2D eigenvalue weighted by atomic mass is 32.2.